The van der Waals surface area contributed by atoms with Crippen molar-refractivity contribution < 1.29 is 4.79 Å². The van der Waals surface area contributed by atoms with Crippen molar-refractivity contribution in [2.45, 2.75) is 32.2 Å². The molecule has 1 aliphatic rings. The molecule has 0 saturated carbocycles. The Labute approximate surface area is 96.4 Å². The Morgan fingerprint density at radius 1 is 1.56 bits per heavy atom. The lowest BCUT2D eigenvalue weighted by Crippen LogP contribution is -2.29. The Morgan fingerprint density at radius 3 is 3.12 bits per heavy atom. The molecular weight excluding hydrogens is 198 g/mol. The molecule has 2 rings (SSSR count). The molecule has 0 bridgehead atoms. The highest BCUT2D eigenvalue weighted by atomic mass is 16.1. The minimum atomic E-state index is -0.0839. The highest BCUT2D eigenvalue weighted by Gasteiger charge is 2.21. The minimum absolute atomic E-state index is 0.0839. The van der Waals surface area contributed by atoms with Crippen LogP contribution in [-0.2, 0) is 11.2 Å². The predicted molar refractivity (Wildman–Crippen MR) is 65.2 cm³/mol. The summed E-state index contributed by atoms with van der Waals surface area (Å²) >= 11 is 0. The first-order chi connectivity index (χ1) is 7.72. The van der Waals surface area contributed by atoms with Crippen molar-refractivity contribution in [1.29, 1.82) is 0 Å². The van der Waals surface area contributed by atoms with Crippen molar-refractivity contribution in [1.82, 2.24) is 5.32 Å². The number of carbonyl (C=O) groups is 1. The number of hydrogen-bond donors (Lipinski definition) is 1. The van der Waals surface area contributed by atoms with Crippen molar-refractivity contribution in [3.63, 3.8) is 0 Å². The number of rotatable bonds is 2. The summed E-state index contributed by atoms with van der Waals surface area (Å²) in [5.41, 5.74) is 4.01. The van der Waals surface area contributed by atoms with Crippen LogP contribution in [0.1, 0.15) is 35.6 Å². The van der Waals surface area contributed by atoms with Gasteiger partial charge in [-0.3, -0.25) is 4.79 Å². The van der Waals surface area contributed by atoms with Crippen molar-refractivity contribution in [3.05, 3.63) is 47.5 Å². The Hall–Kier alpha value is -1.57. The fraction of sp³-hybridized carbons (Fsp3) is 0.357. The quantitative estimate of drug-likeness (QED) is 0.755. The molecule has 0 aromatic heterocycles. The molecule has 16 heavy (non-hydrogen) atoms. The summed E-state index contributed by atoms with van der Waals surface area (Å²) in [6, 6.07) is 6.48. The predicted octanol–water partition coefficient (Wildman–Crippen LogP) is 2.67. The molecule has 0 radical (unpaired) electrons. The third-order valence-corrected chi connectivity index (χ3v) is 3.24. The Morgan fingerprint density at radius 2 is 2.38 bits per heavy atom. The first-order valence-electron chi connectivity index (χ1n) is 5.73. The van der Waals surface area contributed by atoms with Gasteiger partial charge in [-0.1, -0.05) is 24.8 Å². The van der Waals surface area contributed by atoms with Crippen molar-refractivity contribution in [3.8, 4) is 0 Å². The number of carbonyl (C=O) groups excluding carboxylic acids is 1. The van der Waals surface area contributed by atoms with Crippen LogP contribution in [0.25, 0.3) is 0 Å². The molecule has 1 amide bonds. The summed E-state index contributed by atoms with van der Waals surface area (Å²) in [6.07, 6.45) is 4.63. The van der Waals surface area contributed by atoms with E-state index in [0.29, 0.717) is 0 Å². The zero-order valence-corrected chi connectivity index (χ0v) is 9.62. The zero-order valence-electron chi connectivity index (χ0n) is 9.62. The molecule has 2 nitrogen and oxygen atoms in total. The van der Waals surface area contributed by atoms with Gasteiger partial charge in [0, 0.05) is 0 Å². The summed E-state index contributed by atoms with van der Waals surface area (Å²) < 4.78 is 0. The lowest BCUT2D eigenvalue weighted by atomic mass is 9.85. The molecule has 1 N–H and O–H groups in total. The van der Waals surface area contributed by atoms with E-state index in [1.165, 1.54) is 22.8 Å². The average molecular weight is 215 g/mol. The Balaban J connectivity index is 2.29. The van der Waals surface area contributed by atoms with Crippen LogP contribution < -0.4 is 5.32 Å². The first-order valence-corrected chi connectivity index (χ1v) is 5.73. The Bertz CT molecular complexity index is 423. The van der Waals surface area contributed by atoms with Gasteiger partial charge in [0.25, 0.3) is 0 Å². The van der Waals surface area contributed by atoms with Crippen LogP contribution in [0.15, 0.2) is 30.9 Å². The van der Waals surface area contributed by atoms with Crippen LogP contribution in [0.4, 0.5) is 0 Å². The van der Waals surface area contributed by atoms with Gasteiger partial charge in [0.1, 0.15) is 0 Å². The van der Waals surface area contributed by atoms with E-state index >= 15 is 0 Å². The van der Waals surface area contributed by atoms with Crippen molar-refractivity contribution >= 4 is 5.91 Å². The second kappa shape index (κ2) is 4.52. The molecule has 1 aromatic carbocycles. The molecule has 1 unspecified atom stereocenters. The van der Waals surface area contributed by atoms with E-state index in [4.69, 9.17) is 0 Å². The van der Waals surface area contributed by atoms with Gasteiger partial charge in [0.05, 0.1) is 6.04 Å². The molecule has 0 aliphatic heterocycles. The van der Waals surface area contributed by atoms with E-state index in [1.54, 1.807) is 0 Å². The molecule has 1 aromatic rings. The van der Waals surface area contributed by atoms with Gasteiger partial charge in [0.15, 0.2) is 0 Å². The van der Waals surface area contributed by atoms with Gasteiger partial charge >= 0.3 is 0 Å². The second-order valence-electron chi connectivity index (χ2n) is 4.30. The van der Waals surface area contributed by atoms with Crippen LogP contribution in [0.3, 0.4) is 0 Å². The zero-order chi connectivity index (χ0) is 11.5. The lowest BCUT2D eigenvalue weighted by Gasteiger charge is -2.27. The molecule has 0 saturated heterocycles. The van der Waals surface area contributed by atoms with Crippen LogP contribution in [0, 0.1) is 6.92 Å². The number of amides is 1. The Kier molecular flexibility index (Phi) is 3.09. The number of benzene rings is 1. The van der Waals surface area contributed by atoms with Gasteiger partial charge in [0.2, 0.25) is 5.91 Å². The third-order valence-electron chi connectivity index (χ3n) is 3.24. The summed E-state index contributed by atoms with van der Waals surface area (Å²) in [4.78, 5) is 11.3. The van der Waals surface area contributed by atoms with E-state index in [0.717, 1.165) is 19.3 Å². The van der Waals surface area contributed by atoms with Crippen LogP contribution in [0.2, 0.25) is 0 Å². The van der Waals surface area contributed by atoms with Gasteiger partial charge < -0.3 is 5.32 Å². The van der Waals surface area contributed by atoms with Gasteiger partial charge in [-0.15, -0.1) is 0 Å². The fourth-order valence-electron chi connectivity index (χ4n) is 2.41. The normalized spacial score (nSPS) is 18.7. The summed E-state index contributed by atoms with van der Waals surface area (Å²) in [7, 11) is 0. The van der Waals surface area contributed by atoms with E-state index in [1.807, 2.05) is 0 Å². The monoisotopic (exact) mass is 215 g/mol. The molecule has 0 heterocycles. The minimum Gasteiger partial charge on any atom is -0.346 e. The van der Waals surface area contributed by atoms with E-state index in [2.05, 4.69) is 37.0 Å². The van der Waals surface area contributed by atoms with Crippen LogP contribution in [-0.4, -0.2) is 5.91 Å². The number of hydrogen-bond acceptors (Lipinski definition) is 1. The summed E-state index contributed by atoms with van der Waals surface area (Å²) in [6.45, 7) is 5.62. The molecule has 84 valence electrons. The fourth-order valence-corrected chi connectivity index (χ4v) is 2.41. The van der Waals surface area contributed by atoms with E-state index < -0.39 is 0 Å². The lowest BCUT2D eigenvalue weighted by molar-refractivity contribution is -0.117. The summed E-state index contributed by atoms with van der Waals surface area (Å²) in [5.74, 6) is -0.0839. The molecule has 1 atom stereocenters. The largest absolute Gasteiger partial charge is 0.346 e. The molecule has 1 aliphatic carbocycles. The number of aryl methyl sites for hydroxylation is 1. The van der Waals surface area contributed by atoms with E-state index in [-0.39, 0.29) is 11.9 Å². The van der Waals surface area contributed by atoms with E-state index in [9.17, 15) is 4.79 Å². The highest BCUT2D eigenvalue weighted by Crippen LogP contribution is 2.31. The first kappa shape index (κ1) is 10.9. The van der Waals surface area contributed by atoms with Crippen molar-refractivity contribution in [2.24, 2.45) is 0 Å². The highest BCUT2D eigenvalue weighted by molar-refractivity contribution is 5.87. The summed E-state index contributed by atoms with van der Waals surface area (Å²) in [5, 5.41) is 2.99. The maximum atomic E-state index is 11.3. The molecular formula is C14H17NO. The number of nitrogens with one attached hydrogen (secondary N) is 1. The SMILES string of the molecule is C=CC(=O)NC1CCCc2c(C)cccc21. The number of fused-ring (bicyclic) bond motifs is 1. The average Bonchev–Trinajstić information content (AvgIpc) is 2.30. The molecule has 0 fully saturated rings. The van der Waals surface area contributed by atoms with Crippen LogP contribution >= 0.6 is 0 Å². The maximum absolute atomic E-state index is 11.3. The van der Waals surface area contributed by atoms with Gasteiger partial charge in [-0.05, 0) is 49.0 Å². The smallest absolute Gasteiger partial charge is 0.243 e. The topological polar surface area (TPSA) is 29.1 Å². The van der Waals surface area contributed by atoms with Crippen LogP contribution in [0.5, 0.6) is 0 Å². The molecule has 0 spiro atoms. The maximum Gasteiger partial charge on any atom is 0.243 e. The third kappa shape index (κ3) is 2.01. The standard InChI is InChI=1S/C14H17NO/c1-3-14(16)15-13-9-5-7-11-10(2)6-4-8-12(11)13/h3-4,6,8,13H,1,5,7,9H2,2H3,(H,15,16). The molecule has 2 heteroatoms. The second-order valence-corrected chi connectivity index (χ2v) is 4.30. The van der Waals surface area contributed by atoms with Gasteiger partial charge in [-0.25, -0.2) is 0 Å². The van der Waals surface area contributed by atoms with Crippen molar-refractivity contribution in [2.75, 3.05) is 0 Å². The van der Waals surface area contributed by atoms with Gasteiger partial charge in [-0.2, -0.15) is 0 Å².